The summed E-state index contributed by atoms with van der Waals surface area (Å²) in [6.45, 7) is 2.02. The van der Waals surface area contributed by atoms with Gasteiger partial charge in [0.1, 0.15) is 0 Å². The molecule has 5 heteroatoms. The van der Waals surface area contributed by atoms with Gasteiger partial charge in [0.2, 0.25) is 0 Å². The van der Waals surface area contributed by atoms with Gasteiger partial charge in [-0.3, -0.25) is 4.68 Å². The van der Waals surface area contributed by atoms with Crippen LogP contribution in [0, 0.1) is 0 Å². The minimum atomic E-state index is 0.718. The van der Waals surface area contributed by atoms with Gasteiger partial charge >= 0.3 is 0 Å². The molecule has 0 aliphatic carbocycles. The van der Waals surface area contributed by atoms with Gasteiger partial charge in [0, 0.05) is 24.5 Å². The minimum Gasteiger partial charge on any atom is -0.313 e. The maximum absolute atomic E-state index is 5.78. The van der Waals surface area contributed by atoms with Crippen molar-refractivity contribution >= 4 is 23.4 Å². The molecule has 3 nitrogen and oxygen atoms in total. The molecule has 15 heavy (non-hydrogen) atoms. The van der Waals surface area contributed by atoms with Crippen molar-refractivity contribution < 1.29 is 0 Å². The summed E-state index contributed by atoms with van der Waals surface area (Å²) in [6.07, 6.45) is 5.98. The summed E-state index contributed by atoms with van der Waals surface area (Å²) in [6, 6.07) is 0.733. The van der Waals surface area contributed by atoms with Crippen LogP contribution in [0.25, 0.3) is 0 Å². The van der Waals surface area contributed by atoms with Crippen LogP contribution in [0.5, 0.6) is 0 Å². The molecule has 2 rings (SSSR count). The first-order chi connectivity index (χ1) is 7.34. The fourth-order valence-electron chi connectivity index (χ4n) is 1.70. The van der Waals surface area contributed by atoms with Crippen molar-refractivity contribution in [2.24, 2.45) is 0 Å². The molecular formula is C10H16ClN3S. The van der Waals surface area contributed by atoms with Crippen molar-refractivity contribution in [1.82, 2.24) is 15.1 Å². The number of aromatic nitrogens is 2. The summed E-state index contributed by atoms with van der Waals surface area (Å²) >= 11 is 7.82. The lowest BCUT2D eigenvalue weighted by molar-refractivity contribution is 0.501. The van der Waals surface area contributed by atoms with Gasteiger partial charge in [-0.05, 0) is 25.1 Å². The van der Waals surface area contributed by atoms with E-state index in [9.17, 15) is 0 Å². The van der Waals surface area contributed by atoms with Crippen LogP contribution >= 0.6 is 23.4 Å². The lowest BCUT2D eigenvalue weighted by Crippen LogP contribution is -2.30. The third-order valence-electron chi connectivity index (χ3n) is 2.53. The molecule has 1 atom stereocenters. The molecule has 0 aromatic carbocycles. The van der Waals surface area contributed by atoms with Crippen LogP contribution in [0.1, 0.15) is 12.8 Å². The average Bonchev–Trinajstić information content (AvgIpc) is 2.84. The van der Waals surface area contributed by atoms with Crippen LogP contribution in [0.15, 0.2) is 12.4 Å². The molecule has 2 heterocycles. The number of aryl methyl sites for hydroxylation is 1. The summed E-state index contributed by atoms with van der Waals surface area (Å²) in [5.74, 6) is 2.58. The summed E-state index contributed by atoms with van der Waals surface area (Å²) in [5.41, 5.74) is 0. The highest BCUT2D eigenvalue weighted by Crippen LogP contribution is 2.16. The number of nitrogens with one attached hydrogen (secondary N) is 1. The number of thioether (sulfide) groups is 1. The van der Waals surface area contributed by atoms with Crippen LogP contribution in [0.2, 0.25) is 5.02 Å². The third kappa shape index (κ3) is 3.70. The Morgan fingerprint density at radius 1 is 1.67 bits per heavy atom. The summed E-state index contributed by atoms with van der Waals surface area (Å²) in [4.78, 5) is 0. The Morgan fingerprint density at radius 3 is 3.27 bits per heavy atom. The Kier molecular flexibility index (Phi) is 4.35. The van der Waals surface area contributed by atoms with Gasteiger partial charge in [0.25, 0.3) is 0 Å². The van der Waals surface area contributed by atoms with E-state index in [1.54, 1.807) is 6.20 Å². The molecule has 0 amide bonds. The van der Waals surface area contributed by atoms with Crippen molar-refractivity contribution in [3.63, 3.8) is 0 Å². The zero-order chi connectivity index (χ0) is 10.5. The lowest BCUT2D eigenvalue weighted by atomic mass is 10.2. The topological polar surface area (TPSA) is 29.9 Å². The van der Waals surface area contributed by atoms with Crippen molar-refractivity contribution in [3.05, 3.63) is 17.4 Å². The molecule has 1 aromatic heterocycles. The van der Waals surface area contributed by atoms with E-state index in [4.69, 9.17) is 11.6 Å². The second-order valence-electron chi connectivity index (χ2n) is 3.79. The van der Waals surface area contributed by atoms with E-state index in [-0.39, 0.29) is 0 Å². The Labute approximate surface area is 99.6 Å². The van der Waals surface area contributed by atoms with Crippen LogP contribution < -0.4 is 5.32 Å². The average molecular weight is 246 g/mol. The molecule has 0 bridgehead atoms. The van der Waals surface area contributed by atoms with E-state index in [0.717, 1.165) is 30.6 Å². The van der Waals surface area contributed by atoms with Gasteiger partial charge < -0.3 is 5.32 Å². The molecule has 1 N–H and O–H groups in total. The highest BCUT2D eigenvalue weighted by Gasteiger charge is 2.13. The first-order valence-electron chi connectivity index (χ1n) is 5.34. The zero-order valence-electron chi connectivity index (χ0n) is 8.66. The van der Waals surface area contributed by atoms with E-state index >= 15 is 0 Å². The zero-order valence-corrected chi connectivity index (χ0v) is 10.2. The molecule has 0 saturated carbocycles. The van der Waals surface area contributed by atoms with E-state index in [2.05, 4.69) is 10.4 Å². The molecule has 1 fully saturated rings. The van der Waals surface area contributed by atoms with Gasteiger partial charge in [0.05, 0.1) is 11.2 Å². The highest BCUT2D eigenvalue weighted by molar-refractivity contribution is 7.99. The summed E-state index contributed by atoms with van der Waals surface area (Å²) in [5, 5.41) is 8.42. The third-order valence-corrected chi connectivity index (χ3v) is 3.89. The number of hydrogen-bond donors (Lipinski definition) is 1. The second-order valence-corrected chi connectivity index (χ2v) is 5.38. The van der Waals surface area contributed by atoms with Gasteiger partial charge in [-0.1, -0.05) is 11.6 Å². The molecule has 1 aliphatic rings. The van der Waals surface area contributed by atoms with Gasteiger partial charge in [-0.15, -0.1) is 0 Å². The van der Waals surface area contributed by atoms with Crippen LogP contribution in [-0.4, -0.2) is 33.9 Å². The summed E-state index contributed by atoms with van der Waals surface area (Å²) < 4.78 is 1.90. The number of hydrogen-bond acceptors (Lipinski definition) is 3. The van der Waals surface area contributed by atoms with Crippen molar-refractivity contribution in [2.75, 3.05) is 18.1 Å². The molecule has 0 spiro atoms. The molecule has 1 saturated heterocycles. The van der Waals surface area contributed by atoms with Gasteiger partial charge in [-0.25, -0.2) is 0 Å². The van der Waals surface area contributed by atoms with Crippen molar-refractivity contribution in [3.8, 4) is 0 Å². The smallest absolute Gasteiger partial charge is 0.0785 e. The molecule has 1 unspecified atom stereocenters. The highest BCUT2D eigenvalue weighted by atomic mass is 35.5. The Hall–Kier alpha value is -0.190. The number of halogens is 1. The predicted molar refractivity (Wildman–Crippen MR) is 65.6 cm³/mol. The van der Waals surface area contributed by atoms with E-state index < -0.39 is 0 Å². The second kappa shape index (κ2) is 5.77. The molecule has 0 radical (unpaired) electrons. The van der Waals surface area contributed by atoms with Crippen molar-refractivity contribution in [2.45, 2.75) is 25.4 Å². The number of rotatable bonds is 5. The maximum atomic E-state index is 5.78. The predicted octanol–water partition coefficient (Wildman–Crippen LogP) is 2.02. The first-order valence-corrected chi connectivity index (χ1v) is 6.87. The van der Waals surface area contributed by atoms with Crippen LogP contribution in [0.3, 0.4) is 0 Å². The SMILES string of the molecule is Clc1cnn(CCCNC2CCSC2)c1. The van der Waals surface area contributed by atoms with E-state index in [1.807, 2.05) is 22.6 Å². The van der Waals surface area contributed by atoms with Gasteiger partial charge in [0.15, 0.2) is 0 Å². The van der Waals surface area contributed by atoms with E-state index in [1.165, 1.54) is 17.9 Å². The quantitative estimate of drug-likeness (QED) is 0.805. The lowest BCUT2D eigenvalue weighted by Gasteiger charge is -2.10. The molecular weight excluding hydrogens is 230 g/mol. The fourth-order valence-corrected chi connectivity index (χ4v) is 3.05. The first kappa shape index (κ1) is 11.3. The molecule has 1 aromatic rings. The minimum absolute atomic E-state index is 0.718. The molecule has 1 aliphatic heterocycles. The molecule has 84 valence electrons. The normalized spacial score (nSPS) is 21.0. The van der Waals surface area contributed by atoms with Gasteiger partial charge in [-0.2, -0.15) is 16.9 Å². The Bertz CT molecular complexity index is 297. The fraction of sp³-hybridized carbons (Fsp3) is 0.700. The summed E-state index contributed by atoms with van der Waals surface area (Å²) in [7, 11) is 0. The standard InChI is InChI=1S/C10H16ClN3S/c11-9-6-13-14(7-9)4-1-3-12-10-2-5-15-8-10/h6-7,10,12H,1-5,8H2. The number of nitrogens with zero attached hydrogens (tertiary/aromatic N) is 2. The van der Waals surface area contributed by atoms with E-state index in [0.29, 0.717) is 0 Å². The van der Waals surface area contributed by atoms with Crippen LogP contribution in [-0.2, 0) is 6.54 Å². The Morgan fingerprint density at radius 2 is 2.60 bits per heavy atom. The largest absolute Gasteiger partial charge is 0.313 e. The Balaban J connectivity index is 1.58. The van der Waals surface area contributed by atoms with Crippen molar-refractivity contribution in [1.29, 1.82) is 0 Å². The maximum Gasteiger partial charge on any atom is 0.0785 e. The van der Waals surface area contributed by atoms with Crippen LogP contribution in [0.4, 0.5) is 0 Å². The monoisotopic (exact) mass is 245 g/mol.